The van der Waals surface area contributed by atoms with Crippen LogP contribution in [0.25, 0.3) is 0 Å². The maximum atomic E-state index is 6.25. The molecule has 0 radical (unpaired) electrons. The average Bonchev–Trinajstić information content (AvgIpc) is 2.32. The maximum absolute atomic E-state index is 6.25. The highest BCUT2D eigenvalue weighted by Crippen LogP contribution is 2.35. The van der Waals surface area contributed by atoms with Crippen LogP contribution in [-0.4, -0.2) is 0 Å². The Labute approximate surface area is 133 Å². The summed E-state index contributed by atoms with van der Waals surface area (Å²) < 4.78 is 1.92. The normalized spacial score (nSPS) is 12.5. The highest BCUT2D eigenvalue weighted by Gasteiger charge is 2.16. The molecule has 2 N–H and O–H groups in total. The van der Waals surface area contributed by atoms with E-state index in [-0.39, 0.29) is 6.04 Å². The van der Waals surface area contributed by atoms with Crippen LogP contribution in [0.4, 0.5) is 0 Å². The van der Waals surface area contributed by atoms with E-state index in [0.717, 1.165) is 20.1 Å². The predicted molar refractivity (Wildman–Crippen MR) is 84.3 cm³/mol. The molecule has 2 rings (SSSR count). The Morgan fingerprint density at radius 3 is 2.39 bits per heavy atom. The third-order valence-electron chi connectivity index (χ3n) is 2.61. The zero-order chi connectivity index (χ0) is 13.3. The fraction of sp³-hybridized carbons (Fsp3) is 0.0769. The fourth-order valence-corrected chi connectivity index (χ4v) is 3.40. The number of hydrogen-bond acceptors (Lipinski definition) is 1. The van der Waals surface area contributed by atoms with Crippen molar-refractivity contribution in [1.82, 2.24) is 0 Å². The fourth-order valence-electron chi connectivity index (χ4n) is 1.68. The van der Waals surface area contributed by atoms with Gasteiger partial charge in [-0.05, 0) is 29.3 Å². The standard InChI is InChI=1S/C13H9Br2Cl2N/c14-7-4-5-8(10(15)6-7)13(18)9-2-1-3-11(16)12(9)17/h1-6,13H,18H2. The minimum atomic E-state index is -0.321. The van der Waals surface area contributed by atoms with Crippen molar-refractivity contribution in [2.45, 2.75) is 6.04 Å². The van der Waals surface area contributed by atoms with Gasteiger partial charge in [0.1, 0.15) is 0 Å². The van der Waals surface area contributed by atoms with E-state index in [1.54, 1.807) is 6.07 Å². The van der Waals surface area contributed by atoms with E-state index >= 15 is 0 Å². The monoisotopic (exact) mass is 407 g/mol. The molecule has 18 heavy (non-hydrogen) atoms. The van der Waals surface area contributed by atoms with Crippen molar-refractivity contribution in [3.63, 3.8) is 0 Å². The second-order valence-corrected chi connectivity index (χ2v) is 6.34. The number of benzene rings is 2. The van der Waals surface area contributed by atoms with Crippen LogP contribution in [0.5, 0.6) is 0 Å². The summed E-state index contributed by atoms with van der Waals surface area (Å²) in [5.74, 6) is 0. The second kappa shape index (κ2) is 5.93. The summed E-state index contributed by atoms with van der Waals surface area (Å²) in [7, 11) is 0. The molecule has 0 bridgehead atoms. The number of rotatable bonds is 2. The lowest BCUT2D eigenvalue weighted by Crippen LogP contribution is -2.13. The van der Waals surface area contributed by atoms with Gasteiger partial charge < -0.3 is 5.73 Å². The molecule has 0 saturated heterocycles. The molecule has 0 fully saturated rings. The van der Waals surface area contributed by atoms with Crippen LogP contribution in [0, 0.1) is 0 Å². The first-order valence-electron chi connectivity index (χ1n) is 5.15. The molecule has 2 aromatic rings. The van der Waals surface area contributed by atoms with E-state index in [1.165, 1.54) is 0 Å². The average molecular weight is 410 g/mol. The van der Waals surface area contributed by atoms with Crippen molar-refractivity contribution in [2.24, 2.45) is 5.73 Å². The molecule has 0 aliphatic carbocycles. The molecule has 0 saturated carbocycles. The van der Waals surface area contributed by atoms with Crippen molar-refractivity contribution in [3.8, 4) is 0 Å². The molecule has 0 spiro atoms. The molecule has 0 aromatic heterocycles. The van der Waals surface area contributed by atoms with Crippen molar-refractivity contribution in [1.29, 1.82) is 0 Å². The molecule has 0 aliphatic heterocycles. The van der Waals surface area contributed by atoms with E-state index in [2.05, 4.69) is 31.9 Å². The van der Waals surface area contributed by atoms with Crippen LogP contribution in [0.1, 0.15) is 17.2 Å². The summed E-state index contributed by atoms with van der Waals surface area (Å²) in [4.78, 5) is 0. The highest BCUT2D eigenvalue weighted by molar-refractivity contribution is 9.11. The van der Waals surface area contributed by atoms with E-state index in [1.807, 2.05) is 30.3 Å². The lowest BCUT2D eigenvalue weighted by molar-refractivity contribution is 0.866. The van der Waals surface area contributed by atoms with Gasteiger partial charge in [0.15, 0.2) is 0 Å². The summed E-state index contributed by atoms with van der Waals surface area (Å²) in [6.07, 6.45) is 0. The van der Waals surface area contributed by atoms with Crippen LogP contribution < -0.4 is 5.73 Å². The van der Waals surface area contributed by atoms with E-state index in [4.69, 9.17) is 28.9 Å². The minimum Gasteiger partial charge on any atom is -0.320 e. The lowest BCUT2D eigenvalue weighted by atomic mass is 10.00. The zero-order valence-corrected chi connectivity index (χ0v) is 13.8. The van der Waals surface area contributed by atoms with Crippen LogP contribution in [0.2, 0.25) is 10.0 Å². The molecule has 0 amide bonds. The van der Waals surface area contributed by atoms with Crippen molar-refractivity contribution in [3.05, 3.63) is 66.5 Å². The Hall–Kier alpha value is -0.0600. The van der Waals surface area contributed by atoms with Gasteiger partial charge in [0, 0.05) is 8.95 Å². The second-order valence-electron chi connectivity index (χ2n) is 3.79. The molecule has 2 aromatic carbocycles. The Balaban J connectivity index is 2.48. The van der Waals surface area contributed by atoms with Crippen molar-refractivity contribution >= 4 is 55.1 Å². The molecular weight excluding hydrogens is 401 g/mol. The minimum absolute atomic E-state index is 0.321. The van der Waals surface area contributed by atoms with E-state index in [0.29, 0.717) is 10.0 Å². The Morgan fingerprint density at radius 1 is 1.00 bits per heavy atom. The van der Waals surface area contributed by atoms with E-state index in [9.17, 15) is 0 Å². The van der Waals surface area contributed by atoms with Gasteiger partial charge in [-0.3, -0.25) is 0 Å². The van der Waals surface area contributed by atoms with Gasteiger partial charge in [-0.2, -0.15) is 0 Å². The molecule has 1 atom stereocenters. The summed E-state index contributed by atoms with van der Waals surface area (Å²) in [6, 6.07) is 11.0. The van der Waals surface area contributed by atoms with Crippen LogP contribution in [0.15, 0.2) is 45.3 Å². The van der Waals surface area contributed by atoms with Crippen LogP contribution in [-0.2, 0) is 0 Å². The summed E-state index contributed by atoms with van der Waals surface area (Å²) >= 11 is 19.1. The van der Waals surface area contributed by atoms with Crippen LogP contribution in [0.3, 0.4) is 0 Å². The Morgan fingerprint density at radius 2 is 1.72 bits per heavy atom. The first-order valence-corrected chi connectivity index (χ1v) is 7.49. The molecule has 0 aliphatic rings. The third-order valence-corrected chi connectivity index (χ3v) is 4.63. The van der Waals surface area contributed by atoms with E-state index < -0.39 is 0 Å². The Kier molecular flexibility index (Phi) is 4.73. The van der Waals surface area contributed by atoms with Gasteiger partial charge in [0.05, 0.1) is 16.1 Å². The lowest BCUT2D eigenvalue weighted by Gasteiger charge is -2.16. The van der Waals surface area contributed by atoms with Gasteiger partial charge in [0.25, 0.3) is 0 Å². The molecular formula is C13H9Br2Cl2N. The van der Waals surface area contributed by atoms with Gasteiger partial charge in [-0.25, -0.2) is 0 Å². The highest BCUT2D eigenvalue weighted by atomic mass is 79.9. The quantitative estimate of drug-likeness (QED) is 0.689. The summed E-state index contributed by atoms with van der Waals surface area (Å²) in [6.45, 7) is 0. The molecule has 1 nitrogen and oxygen atoms in total. The van der Waals surface area contributed by atoms with Gasteiger partial charge in [0.2, 0.25) is 0 Å². The SMILES string of the molecule is NC(c1ccc(Br)cc1Br)c1cccc(Cl)c1Cl. The smallest absolute Gasteiger partial charge is 0.0643 e. The molecule has 1 unspecified atom stereocenters. The van der Waals surface area contributed by atoms with Gasteiger partial charge in [-0.1, -0.05) is 73.3 Å². The number of nitrogens with two attached hydrogens (primary N) is 1. The predicted octanol–water partition coefficient (Wildman–Crippen LogP) is 5.57. The molecule has 0 heterocycles. The number of halogens is 4. The third kappa shape index (κ3) is 2.91. The van der Waals surface area contributed by atoms with Crippen molar-refractivity contribution < 1.29 is 0 Å². The number of hydrogen-bond donors (Lipinski definition) is 1. The maximum Gasteiger partial charge on any atom is 0.0643 e. The first-order chi connectivity index (χ1) is 8.50. The Bertz CT molecular complexity index is 587. The van der Waals surface area contributed by atoms with Gasteiger partial charge in [-0.15, -0.1) is 0 Å². The largest absolute Gasteiger partial charge is 0.320 e. The van der Waals surface area contributed by atoms with Crippen molar-refractivity contribution in [2.75, 3.05) is 0 Å². The topological polar surface area (TPSA) is 26.0 Å². The molecule has 94 valence electrons. The van der Waals surface area contributed by atoms with Crippen LogP contribution >= 0.6 is 55.1 Å². The molecule has 5 heteroatoms. The summed E-state index contributed by atoms with van der Waals surface area (Å²) in [5.41, 5.74) is 8.02. The van der Waals surface area contributed by atoms with Gasteiger partial charge >= 0.3 is 0 Å². The zero-order valence-electron chi connectivity index (χ0n) is 9.13. The first kappa shape index (κ1) is 14.4. The summed E-state index contributed by atoms with van der Waals surface area (Å²) in [5, 5.41) is 1.01.